The third-order valence-electron chi connectivity index (χ3n) is 3.75. The van der Waals surface area contributed by atoms with Crippen molar-refractivity contribution in [2.45, 2.75) is 66.2 Å². The van der Waals surface area contributed by atoms with Gasteiger partial charge in [-0.1, -0.05) is 58.7 Å². The Labute approximate surface area is 123 Å². The molecule has 1 amide bonds. The van der Waals surface area contributed by atoms with E-state index in [9.17, 15) is 4.79 Å². The summed E-state index contributed by atoms with van der Waals surface area (Å²) in [5.41, 5.74) is 4.95. The molecule has 1 atom stereocenters. The van der Waals surface area contributed by atoms with Crippen LogP contribution in [0.5, 0.6) is 0 Å². The van der Waals surface area contributed by atoms with Crippen LogP contribution < -0.4 is 11.1 Å². The van der Waals surface area contributed by atoms with Crippen LogP contribution in [0.15, 0.2) is 0 Å². The molecule has 0 saturated heterocycles. The standard InChI is InChI=1S/C15H30N2OS/c1-5-15(4,13(16)19)14(18)17-11-9-7-6-8-10-12(2)3/h12H,5-11H2,1-4H3,(H2,16,19)(H,17,18). The Morgan fingerprint density at radius 1 is 1.26 bits per heavy atom. The number of hydrogen-bond acceptors (Lipinski definition) is 2. The molecule has 112 valence electrons. The fourth-order valence-electron chi connectivity index (χ4n) is 1.87. The highest BCUT2D eigenvalue weighted by Crippen LogP contribution is 2.21. The van der Waals surface area contributed by atoms with Gasteiger partial charge in [0.05, 0.1) is 10.4 Å². The lowest BCUT2D eigenvalue weighted by atomic mass is 9.86. The number of rotatable bonds is 10. The van der Waals surface area contributed by atoms with Gasteiger partial charge >= 0.3 is 0 Å². The molecule has 0 heterocycles. The van der Waals surface area contributed by atoms with Crippen molar-refractivity contribution in [3.8, 4) is 0 Å². The van der Waals surface area contributed by atoms with Crippen molar-refractivity contribution < 1.29 is 4.79 Å². The number of carbonyl (C=O) groups is 1. The highest BCUT2D eigenvalue weighted by atomic mass is 32.1. The molecule has 3 N–H and O–H groups in total. The van der Waals surface area contributed by atoms with E-state index in [0.717, 1.165) is 18.9 Å². The van der Waals surface area contributed by atoms with Crippen LogP contribution in [0.25, 0.3) is 0 Å². The van der Waals surface area contributed by atoms with Crippen molar-refractivity contribution in [2.24, 2.45) is 17.1 Å². The Balaban J connectivity index is 3.77. The Bertz CT molecular complexity index is 292. The number of unbranched alkanes of at least 4 members (excludes halogenated alkanes) is 3. The minimum atomic E-state index is -0.701. The second-order valence-corrected chi connectivity index (χ2v) is 6.34. The van der Waals surface area contributed by atoms with Gasteiger partial charge in [-0.15, -0.1) is 0 Å². The minimum Gasteiger partial charge on any atom is -0.392 e. The molecule has 3 nitrogen and oxygen atoms in total. The SMILES string of the molecule is CCC(C)(C(=O)NCCCCCCC(C)C)C(N)=S. The molecule has 0 aromatic heterocycles. The number of nitrogens with one attached hydrogen (secondary N) is 1. The number of hydrogen-bond donors (Lipinski definition) is 2. The number of carbonyl (C=O) groups excluding carboxylic acids is 1. The predicted molar refractivity (Wildman–Crippen MR) is 86.1 cm³/mol. The maximum atomic E-state index is 12.0. The van der Waals surface area contributed by atoms with Crippen molar-refractivity contribution in [1.82, 2.24) is 5.32 Å². The average molecular weight is 286 g/mol. The second kappa shape index (κ2) is 9.29. The van der Waals surface area contributed by atoms with Gasteiger partial charge in [0.15, 0.2) is 0 Å². The topological polar surface area (TPSA) is 55.1 Å². The molecule has 0 aliphatic rings. The molecular formula is C15H30N2OS. The van der Waals surface area contributed by atoms with Gasteiger partial charge in [-0.2, -0.15) is 0 Å². The summed E-state index contributed by atoms with van der Waals surface area (Å²) in [5.74, 6) is 0.750. The summed E-state index contributed by atoms with van der Waals surface area (Å²) < 4.78 is 0. The minimum absolute atomic E-state index is 0.0373. The van der Waals surface area contributed by atoms with Gasteiger partial charge in [0.25, 0.3) is 0 Å². The van der Waals surface area contributed by atoms with Crippen LogP contribution in [0.4, 0.5) is 0 Å². The van der Waals surface area contributed by atoms with Gasteiger partial charge in [0.1, 0.15) is 0 Å². The van der Waals surface area contributed by atoms with Crippen molar-refractivity contribution in [1.29, 1.82) is 0 Å². The third-order valence-corrected chi connectivity index (χ3v) is 4.20. The predicted octanol–water partition coefficient (Wildman–Crippen LogP) is 3.41. The first-order valence-corrected chi connectivity index (χ1v) is 7.83. The summed E-state index contributed by atoms with van der Waals surface area (Å²) in [6.07, 6.45) is 6.66. The number of amides is 1. The van der Waals surface area contributed by atoms with Crippen LogP contribution in [-0.2, 0) is 4.79 Å². The zero-order valence-corrected chi connectivity index (χ0v) is 13.7. The van der Waals surface area contributed by atoms with E-state index in [0.29, 0.717) is 6.42 Å². The number of thiocarbonyl (C=S) groups is 1. The lowest BCUT2D eigenvalue weighted by Gasteiger charge is -2.25. The van der Waals surface area contributed by atoms with Crippen LogP contribution in [0.3, 0.4) is 0 Å². The van der Waals surface area contributed by atoms with Gasteiger partial charge in [-0.3, -0.25) is 4.79 Å². The summed E-state index contributed by atoms with van der Waals surface area (Å²) >= 11 is 4.98. The van der Waals surface area contributed by atoms with Gasteiger partial charge in [0.2, 0.25) is 5.91 Å². The zero-order valence-electron chi connectivity index (χ0n) is 12.9. The lowest BCUT2D eigenvalue weighted by molar-refractivity contribution is -0.126. The monoisotopic (exact) mass is 286 g/mol. The van der Waals surface area contributed by atoms with E-state index >= 15 is 0 Å². The summed E-state index contributed by atoms with van der Waals surface area (Å²) in [4.78, 5) is 12.3. The van der Waals surface area contributed by atoms with E-state index in [4.69, 9.17) is 18.0 Å². The van der Waals surface area contributed by atoms with E-state index in [1.54, 1.807) is 0 Å². The Morgan fingerprint density at radius 3 is 2.32 bits per heavy atom. The Kier molecular flexibility index (Phi) is 8.98. The second-order valence-electron chi connectivity index (χ2n) is 5.90. The van der Waals surface area contributed by atoms with E-state index in [-0.39, 0.29) is 10.9 Å². The largest absolute Gasteiger partial charge is 0.392 e. The first-order valence-electron chi connectivity index (χ1n) is 7.42. The molecule has 0 aromatic carbocycles. The van der Waals surface area contributed by atoms with Crippen molar-refractivity contribution >= 4 is 23.1 Å². The fourth-order valence-corrected chi connectivity index (χ4v) is 2.11. The molecule has 0 fully saturated rings. The van der Waals surface area contributed by atoms with Gasteiger partial charge in [0, 0.05) is 6.54 Å². The zero-order chi connectivity index (χ0) is 14.9. The average Bonchev–Trinajstić information content (AvgIpc) is 2.35. The molecule has 19 heavy (non-hydrogen) atoms. The van der Waals surface area contributed by atoms with E-state index in [1.807, 2.05) is 13.8 Å². The molecule has 0 aliphatic carbocycles. The number of nitrogens with two attached hydrogens (primary N) is 1. The van der Waals surface area contributed by atoms with Crippen molar-refractivity contribution in [3.63, 3.8) is 0 Å². The van der Waals surface area contributed by atoms with Gasteiger partial charge < -0.3 is 11.1 Å². The molecule has 0 aliphatic heterocycles. The van der Waals surface area contributed by atoms with Gasteiger partial charge in [-0.05, 0) is 25.7 Å². The van der Waals surface area contributed by atoms with Crippen LogP contribution >= 0.6 is 12.2 Å². The highest BCUT2D eigenvalue weighted by molar-refractivity contribution is 7.80. The summed E-state index contributed by atoms with van der Waals surface area (Å²) in [5, 5.41) is 2.95. The summed E-state index contributed by atoms with van der Waals surface area (Å²) in [6.45, 7) is 8.97. The third kappa shape index (κ3) is 6.90. The van der Waals surface area contributed by atoms with E-state index in [2.05, 4.69) is 19.2 Å². The van der Waals surface area contributed by atoms with E-state index < -0.39 is 5.41 Å². The summed E-state index contributed by atoms with van der Waals surface area (Å²) in [6, 6.07) is 0. The quantitative estimate of drug-likeness (QED) is 0.478. The highest BCUT2D eigenvalue weighted by Gasteiger charge is 2.33. The molecule has 0 saturated carbocycles. The maximum Gasteiger partial charge on any atom is 0.232 e. The molecular weight excluding hydrogens is 256 g/mol. The fraction of sp³-hybridized carbons (Fsp3) is 0.867. The van der Waals surface area contributed by atoms with Crippen molar-refractivity contribution in [2.75, 3.05) is 6.54 Å². The maximum absolute atomic E-state index is 12.0. The molecule has 0 spiro atoms. The Hall–Kier alpha value is -0.640. The first kappa shape index (κ1) is 18.4. The first-order chi connectivity index (χ1) is 8.84. The van der Waals surface area contributed by atoms with Crippen LogP contribution in [-0.4, -0.2) is 17.4 Å². The Morgan fingerprint density at radius 2 is 1.84 bits per heavy atom. The summed E-state index contributed by atoms with van der Waals surface area (Å²) in [7, 11) is 0. The molecule has 1 unspecified atom stereocenters. The van der Waals surface area contributed by atoms with Crippen LogP contribution in [0, 0.1) is 11.3 Å². The molecule has 4 heteroatoms. The van der Waals surface area contributed by atoms with Gasteiger partial charge in [-0.25, -0.2) is 0 Å². The lowest BCUT2D eigenvalue weighted by Crippen LogP contribution is -2.46. The normalized spacial score (nSPS) is 14.2. The van der Waals surface area contributed by atoms with Crippen LogP contribution in [0.1, 0.15) is 66.2 Å². The molecule has 0 bridgehead atoms. The van der Waals surface area contributed by atoms with E-state index in [1.165, 1.54) is 25.7 Å². The molecule has 0 rings (SSSR count). The smallest absolute Gasteiger partial charge is 0.232 e. The van der Waals surface area contributed by atoms with Crippen LogP contribution in [0.2, 0.25) is 0 Å². The molecule has 0 radical (unpaired) electrons. The molecule has 0 aromatic rings. The van der Waals surface area contributed by atoms with Crippen molar-refractivity contribution in [3.05, 3.63) is 0 Å².